The van der Waals surface area contributed by atoms with Crippen molar-refractivity contribution in [3.8, 4) is 0 Å². The van der Waals surface area contributed by atoms with E-state index in [1.54, 1.807) is 24.3 Å². The van der Waals surface area contributed by atoms with Gasteiger partial charge in [0.25, 0.3) is 0 Å². The highest BCUT2D eigenvalue weighted by atomic mass is 16.4. The van der Waals surface area contributed by atoms with Crippen LogP contribution in [0, 0.1) is 0 Å². The predicted octanol–water partition coefficient (Wildman–Crippen LogP) is 0.973. The van der Waals surface area contributed by atoms with E-state index in [4.69, 9.17) is 10.8 Å². The summed E-state index contributed by atoms with van der Waals surface area (Å²) in [5.74, 6) is -0.990. The van der Waals surface area contributed by atoms with Gasteiger partial charge in [-0.2, -0.15) is 0 Å². The molecule has 0 bridgehead atoms. The second-order valence-corrected chi connectivity index (χ2v) is 2.97. The van der Waals surface area contributed by atoms with Gasteiger partial charge in [0, 0.05) is 0 Å². The van der Waals surface area contributed by atoms with Crippen molar-refractivity contribution >= 4 is 18.4 Å². The number of carboxylic acids is 1. The average Bonchev–Trinajstić information content (AvgIpc) is 2.19. The molecule has 0 fully saturated rings. The van der Waals surface area contributed by atoms with Gasteiger partial charge in [0.15, 0.2) is 0 Å². The number of aliphatic carboxylic acids is 1. The number of rotatable bonds is 4. The fourth-order valence-corrected chi connectivity index (χ4v) is 1.08. The Morgan fingerprint density at radius 1 is 1.50 bits per heavy atom. The van der Waals surface area contributed by atoms with Crippen LogP contribution in [0.2, 0.25) is 0 Å². The fourth-order valence-electron chi connectivity index (χ4n) is 1.08. The van der Waals surface area contributed by atoms with E-state index in [0.717, 1.165) is 11.3 Å². The SMILES string of the molecule is C=Nc1ccc(C[C@H](N)C(=O)O)cc1. The second kappa shape index (κ2) is 4.53. The quantitative estimate of drug-likeness (QED) is 0.698. The van der Waals surface area contributed by atoms with Crippen molar-refractivity contribution in [3.63, 3.8) is 0 Å². The molecule has 3 N–H and O–H groups in total. The minimum Gasteiger partial charge on any atom is -0.480 e. The van der Waals surface area contributed by atoms with Crippen LogP contribution < -0.4 is 5.73 Å². The van der Waals surface area contributed by atoms with Crippen molar-refractivity contribution < 1.29 is 9.90 Å². The van der Waals surface area contributed by atoms with E-state index in [0.29, 0.717) is 6.42 Å². The molecule has 0 amide bonds. The molecular formula is C10H12N2O2. The first kappa shape index (κ1) is 10.4. The van der Waals surface area contributed by atoms with Gasteiger partial charge in [-0.25, -0.2) is 0 Å². The highest BCUT2D eigenvalue weighted by Crippen LogP contribution is 2.12. The summed E-state index contributed by atoms with van der Waals surface area (Å²) < 4.78 is 0. The molecule has 0 spiro atoms. The number of carboxylic acid groups (broad SMARTS) is 1. The van der Waals surface area contributed by atoms with Gasteiger partial charge in [-0.15, -0.1) is 0 Å². The normalized spacial score (nSPS) is 12.1. The van der Waals surface area contributed by atoms with Gasteiger partial charge in [0.05, 0.1) is 5.69 Å². The summed E-state index contributed by atoms with van der Waals surface area (Å²) in [5, 5.41) is 8.59. The van der Waals surface area contributed by atoms with E-state index < -0.39 is 12.0 Å². The van der Waals surface area contributed by atoms with Crippen LogP contribution in [0.1, 0.15) is 5.56 Å². The van der Waals surface area contributed by atoms with Crippen molar-refractivity contribution in [1.29, 1.82) is 0 Å². The molecule has 0 aliphatic carbocycles. The highest BCUT2D eigenvalue weighted by Gasteiger charge is 2.11. The van der Waals surface area contributed by atoms with Crippen molar-refractivity contribution in [2.24, 2.45) is 10.7 Å². The van der Waals surface area contributed by atoms with Gasteiger partial charge in [0.2, 0.25) is 0 Å². The lowest BCUT2D eigenvalue weighted by molar-refractivity contribution is -0.138. The summed E-state index contributed by atoms with van der Waals surface area (Å²) in [6, 6.07) is 6.30. The maximum Gasteiger partial charge on any atom is 0.320 e. The maximum atomic E-state index is 10.5. The first-order valence-electron chi connectivity index (χ1n) is 4.17. The van der Waals surface area contributed by atoms with Gasteiger partial charge >= 0.3 is 5.97 Å². The predicted molar refractivity (Wildman–Crippen MR) is 55.0 cm³/mol. The lowest BCUT2D eigenvalue weighted by Crippen LogP contribution is -2.32. The molecule has 14 heavy (non-hydrogen) atoms. The van der Waals surface area contributed by atoms with E-state index in [1.807, 2.05) is 0 Å². The molecule has 4 nitrogen and oxygen atoms in total. The molecule has 4 heteroatoms. The fraction of sp³-hybridized carbons (Fsp3) is 0.200. The molecule has 0 saturated heterocycles. The van der Waals surface area contributed by atoms with Crippen LogP contribution in [0.15, 0.2) is 29.3 Å². The summed E-state index contributed by atoms with van der Waals surface area (Å²) in [6.07, 6.45) is 0.326. The van der Waals surface area contributed by atoms with Crippen molar-refractivity contribution in [1.82, 2.24) is 0 Å². The van der Waals surface area contributed by atoms with Gasteiger partial charge in [-0.05, 0) is 30.8 Å². The van der Waals surface area contributed by atoms with Crippen LogP contribution in [0.25, 0.3) is 0 Å². The lowest BCUT2D eigenvalue weighted by Gasteiger charge is -2.05. The van der Waals surface area contributed by atoms with E-state index in [9.17, 15) is 4.79 Å². The molecule has 0 unspecified atom stereocenters. The van der Waals surface area contributed by atoms with Crippen molar-refractivity contribution in [2.75, 3.05) is 0 Å². The molecule has 1 rings (SSSR count). The number of aliphatic imine (C=N–C) groups is 1. The molecule has 0 saturated carbocycles. The third-order valence-electron chi connectivity index (χ3n) is 1.89. The van der Waals surface area contributed by atoms with Gasteiger partial charge in [-0.3, -0.25) is 9.79 Å². The Balaban J connectivity index is 2.68. The number of benzene rings is 1. The van der Waals surface area contributed by atoms with Crippen LogP contribution in [-0.2, 0) is 11.2 Å². The van der Waals surface area contributed by atoms with E-state index in [-0.39, 0.29) is 0 Å². The Kier molecular flexibility index (Phi) is 3.36. The zero-order valence-electron chi connectivity index (χ0n) is 7.68. The van der Waals surface area contributed by atoms with Gasteiger partial charge < -0.3 is 10.8 Å². The Hall–Kier alpha value is -1.68. The average molecular weight is 192 g/mol. The summed E-state index contributed by atoms with van der Waals surface area (Å²) in [5.41, 5.74) is 7.03. The standard InChI is InChI=1S/C10H12N2O2/c1-12-8-4-2-7(3-5-8)6-9(11)10(13)14/h2-5,9H,1,6,11H2,(H,13,14)/t9-/m0/s1. The molecule has 1 aromatic carbocycles. The monoisotopic (exact) mass is 192 g/mol. The Bertz CT molecular complexity index is 332. The first-order valence-corrected chi connectivity index (χ1v) is 4.17. The summed E-state index contributed by atoms with van der Waals surface area (Å²) >= 11 is 0. The lowest BCUT2D eigenvalue weighted by atomic mass is 10.1. The largest absolute Gasteiger partial charge is 0.480 e. The zero-order chi connectivity index (χ0) is 10.6. The minimum absolute atomic E-state index is 0.326. The molecule has 0 aliphatic rings. The van der Waals surface area contributed by atoms with Crippen molar-refractivity contribution in [3.05, 3.63) is 29.8 Å². The highest BCUT2D eigenvalue weighted by molar-refractivity contribution is 5.73. The topological polar surface area (TPSA) is 75.7 Å². The molecule has 74 valence electrons. The van der Waals surface area contributed by atoms with E-state index in [2.05, 4.69) is 11.7 Å². The second-order valence-electron chi connectivity index (χ2n) is 2.97. The van der Waals surface area contributed by atoms with Crippen LogP contribution in [0.5, 0.6) is 0 Å². The maximum absolute atomic E-state index is 10.5. The molecule has 1 atom stereocenters. The smallest absolute Gasteiger partial charge is 0.320 e. The van der Waals surface area contributed by atoms with Crippen molar-refractivity contribution in [2.45, 2.75) is 12.5 Å². The number of carbonyl (C=O) groups is 1. The minimum atomic E-state index is -0.990. The number of hydrogen-bond donors (Lipinski definition) is 2. The molecule has 1 aromatic rings. The van der Waals surface area contributed by atoms with Crippen LogP contribution in [0.3, 0.4) is 0 Å². The Morgan fingerprint density at radius 3 is 2.50 bits per heavy atom. The molecule has 0 radical (unpaired) electrons. The summed E-state index contributed by atoms with van der Waals surface area (Å²) in [6.45, 7) is 3.38. The summed E-state index contributed by atoms with van der Waals surface area (Å²) in [4.78, 5) is 14.2. The number of nitrogens with zero attached hydrogens (tertiary/aromatic N) is 1. The third kappa shape index (κ3) is 2.67. The van der Waals surface area contributed by atoms with Gasteiger partial charge in [-0.1, -0.05) is 12.1 Å². The molecular weight excluding hydrogens is 180 g/mol. The Labute approximate surface area is 82.1 Å². The molecule has 0 aromatic heterocycles. The molecule has 0 aliphatic heterocycles. The van der Waals surface area contributed by atoms with Crippen LogP contribution in [0.4, 0.5) is 5.69 Å². The van der Waals surface area contributed by atoms with E-state index >= 15 is 0 Å². The number of hydrogen-bond acceptors (Lipinski definition) is 3. The molecule has 0 heterocycles. The zero-order valence-corrected chi connectivity index (χ0v) is 7.68. The first-order chi connectivity index (χ1) is 6.63. The van der Waals surface area contributed by atoms with E-state index in [1.165, 1.54) is 0 Å². The van der Waals surface area contributed by atoms with Crippen LogP contribution in [-0.4, -0.2) is 23.8 Å². The van der Waals surface area contributed by atoms with Gasteiger partial charge in [0.1, 0.15) is 6.04 Å². The van der Waals surface area contributed by atoms with Crippen LogP contribution >= 0.6 is 0 Å². The summed E-state index contributed by atoms with van der Waals surface area (Å²) in [7, 11) is 0. The Morgan fingerprint density at radius 2 is 2.07 bits per heavy atom. The number of nitrogens with two attached hydrogens (primary N) is 1. The third-order valence-corrected chi connectivity index (χ3v) is 1.89.